The molecule has 3 aromatic rings. The van der Waals surface area contributed by atoms with E-state index in [1.807, 2.05) is 25.3 Å². The summed E-state index contributed by atoms with van der Waals surface area (Å²) in [6.45, 7) is 6.18. The van der Waals surface area contributed by atoms with Crippen LogP contribution in [0.3, 0.4) is 0 Å². The molecule has 4 rings (SSSR count). The highest BCUT2D eigenvalue weighted by atomic mass is 32.2. The number of thiophene rings is 1. The average Bonchev–Trinajstić information content (AvgIpc) is 3.22. The zero-order chi connectivity index (χ0) is 22.3. The van der Waals surface area contributed by atoms with Crippen LogP contribution in [0, 0.1) is 12.8 Å². The molecule has 0 bridgehead atoms. The summed E-state index contributed by atoms with van der Waals surface area (Å²) >= 11 is 1.36. The van der Waals surface area contributed by atoms with Gasteiger partial charge in [-0.2, -0.15) is 13.5 Å². The van der Waals surface area contributed by atoms with Crippen LogP contribution in [0.25, 0.3) is 10.6 Å². The molecular formula is C21H22N4O4S2. The summed E-state index contributed by atoms with van der Waals surface area (Å²) < 4.78 is 30.7. The number of aromatic hydroxyl groups is 1. The quantitative estimate of drug-likeness (QED) is 0.604. The van der Waals surface area contributed by atoms with Crippen LogP contribution in [-0.2, 0) is 16.6 Å². The molecule has 31 heavy (non-hydrogen) atoms. The van der Waals surface area contributed by atoms with Crippen LogP contribution in [0.4, 0.5) is 5.69 Å². The number of rotatable bonds is 5. The molecule has 0 aliphatic carbocycles. The molecule has 1 aromatic carbocycles. The van der Waals surface area contributed by atoms with Gasteiger partial charge in [0.1, 0.15) is 16.2 Å². The van der Waals surface area contributed by atoms with Crippen LogP contribution in [0.5, 0.6) is 5.75 Å². The van der Waals surface area contributed by atoms with Crippen LogP contribution in [0.15, 0.2) is 49.8 Å². The van der Waals surface area contributed by atoms with Gasteiger partial charge in [-0.3, -0.25) is 4.79 Å². The minimum Gasteiger partial charge on any atom is -0.505 e. The van der Waals surface area contributed by atoms with E-state index in [1.54, 1.807) is 25.1 Å². The maximum absolute atomic E-state index is 13.2. The van der Waals surface area contributed by atoms with Gasteiger partial charge in [-0.25, -0.2) is 4.68 Å². The Labute approximate surface area is 184 Å². The molecule has 0 radical (unpaired) electrons. The smallest absolute Gasteiger partial charge is 0.286 e. The summed E-state index contributed by atoms with van der Waals surface area (Å²) in [4.78, 5) is 13.9. The first-order chi connectivity index (χ1) is 14.7. The second-order valence-electron chi connectivity index (χ2n) is 7.80. The Kier molecular flexibility index (Phi) is 5.44. The molecule has 0 fully saturated rings. The Morgan fingerprint density at radius 3 is 2.71 bits per heavy atom. The molecule has 0 saturated heterocycles. The van der Waals surface area contributed by atoms with Gasteiger partial charge in [-0.05, 0) is 48.4 Å². The van der Waals surface area contributed by atoms with Crippen molar-refractivity contribution in [3.63, 3.8) is 0 Å². The summed E-state index contributed by atoms with van der Waals surface area (Å²) in [5.41, 5.74) is 0.473. The Balaban J connectivity index is 1.93. The largest absolute Gasteiger partial charge is 0.505 e. The van der Waals surface area contributed by atoms with Gasteiger partial charge in [-0.1, -0.05) is 26.0 Å². The Morgan fingerprint density at radius 1 is 1.26 bits per heavy atom. The first-order valence-electron chi connectivity index (χ1n) is 9.78. The van der Waals surface area contributed by atoms with Crippen molar-refractivity contribution in [3.8, 4) is 16.3 Å². The topological polar surface area (TPSA) is 114 Å². The first kappa shape index (κ1) is 21.3. The van der Waals surface area contributed by atoms with Crippen molar-refractivity contribution < 1.29 is 13.5 Å². The molecule has 1 aliphatic rings. The third kappa shape index (κ3) is 4.00. The van der Waals surface area contributed by atoms with Crippen molar-refractivity contribution in [1.82, 2.24) is 9.78 Å². The maximum atomic E-state index is 13.2. The number of nitrogens with one attached hydrogen (secondary N) is 1. The molecule has 1 aliphatic heterocycles. The molecule has 10 heteroatoms. The van der Waals surface area contributed by atoms with Crippen molar-refractivity contribution in [3.05, 3.63) is 57.2 Å². The second kappa shape index (κ2) is 7.93. The summed E-state index contributed by atoms with van der Waals surface area (Å²) in [5.74, 6) is -0.278. The summed E-state index contributed by atoms with van der Waals surface area (Å²) in [5, 5.41) is 20.1. The number of nitrogens with zero attached hydrogens (tertiary/aromatic N) is 3. The fourth-order valence-corrected chi connectivity index (χ4v) is 5.18. The summed E-state index contributed by atoms with van der Waals surface area (Å²) in [6, 6.07) is 8.48. The van der Waals surface area contributed by atoms with E-state index in [0.29, 0.717) is 29.4 Å². The third-order valence-electron chi connectivity index (χ3n) is 4.92. The minimum atomic E-state index is -4.05. The standard InChI is InChI=1S/C21H22N4O4S2/c1-12(2)8-9-25-21(27)17(19(26)18(23-25)15-5-4-10-30-15)20-22-14-7-6-13(3)11-16(14)31(28,29)24-20/h4-7,10-12,26H,8-9H2,1-3H3,(H,22,24). The van der Waals surface area contributed by atoms with E-state index in [0.717, 1.165) is 5.56 Å². The lowest BCUT2D eigenvalue weighted by atomic mass is 10.1. The van der Waals surface area contributed by atoms with Crippen molar-refractivity contribution in [2.75, 3.05) is 5.32 Å². The van der Waals surface area contributed by atoms with Crippen molar-refractivity contribution >= 4 is 32.9 Å². The third-order valence-corrected chi connectivity index (χ3v) is 7.11. The van der Waals surface area contributed by atoms with Crippen LogP contribution < -0.4 is 10.9 Å². The van der Waals surface area contributed by atoms with E-state index < -0.39 is 21.3 Å². The number of sulfonamides is 1. The van der Waals surface area contributed by atoms with Crippen molar-refractivity contribution in [2.45, 2.75) is 38.6 Å². The van der Waals surface area contributed by atoms with Gasteiger partial charge in [0.2, 0.25) is 0 Å². The highest BCUT2D eigenvalue weighted by molar-refractivity contribution is 7.90. The molecule has 8 nitrogen and oxygen atoms in total. The maximum Gasteiger partial charge on any atom is 0.286 e. The van der Waals surface area contributed by atoms with Gasteiger partial charge < -0.3 is 10.4 Å². The Morgan fingerprint density at radius 2 is 2.03 bits per heavy atom. The van der Waals surface area contributed by atoms with Crippen molar-refractivity contribution in [1.29, 1.82) is 0 Å². The molecule has 3 heterocycles. The summed E-state index contributed by atoms with van der Waals surface area (Å²) in [6.07, 6.45) is 0.696. The van der Waals surface area contributed by atoms with Gasteiger partial charge in [0, 0.05) is 6.54 Å². The zero-order valence-corrected chi connectivity index (χ0v) is 18.9. The van der Waals surface area contributed by atoms with Gasteiger partial charge >= 0.3 is 0 Å². The van der Waals surface area contributed by atoms with Crippen LogP contribution >= 0.6 is 11.3 Å². The monoisotopic (exact) mass is 458 g/mol. The number of fused-ring (bicyclic) bond motifs is 1. The Bertz CT molecular complexity index is 1340. The van der Waals surface area contributed by atoms with Gasteiger partial charge in [0.15, 0.2) is 11.6 Å². The van der Waals surface area contributed by atoms with E-state index in [-0.39, 0.29) is 22.0 Å². The van der Waals surface area contributed by atoms with Gasteiger partial charge in [0.05, 0.1) is 10.6 Å². The first-order valence-corrected chi connectivity index (χ1v) is 12.1. The SMILES string of the molecule is Cc1ccc2c(c1)S(=O)(=O)N=C(c1c(O)c(-c3cccs3)nn(CCC(C)C)c1=O)N2. The van der Waals surface area contributed by atoms with Crippen LogP contribution in [0.1, 0.15) is 31.4 Å². The molecular weight excluding hydrogens is 436 g/mol. The number of aryl methyl sites for hydroxylation is 2. The van der Waals surface area contributed by atoms with E-state index in [4.69, 9.17) is 0 Å². The molecule has 0 unspecified atom stereocenters. The lowest BCUT2D eigenvalue weighted by Gasteiger charge is -2.20. The number of hydrogen-bond donors (Lipinski definition) is 2. The number of amidine groups is 1. The molecule has 0 saturated carbocycles. The van der Waals surface area contributed by atoms with Crippen LogP contribution in [0.2, 0.25) is 0 Å². The number of aromatic nitrogens is 2. The number of anilines is 1. The van der Waals surface area contributed by atoms with Crippen molar-refractivity contribution in [2.24, 2.45) is 10.3 Å². The lowest BCUT2D eigenvalue weighted by molar-refractivity contribution is 0.444. The fourth-order valence-electron chi connectivity index (χ4n) is 3.26. The molecule has 2 aromatic heterocycles. The number of benzene rings is 1. The van der Waals surface area contributed by atoms with E-state index >= 15 is 0 Å². The second-order valence-corrected chi connectivity index (χ2v) is 10.3. The lowest BCUT2D eigenvalue weighted by Crippen LogP contribution is -2.34. The molecule has 0 amide bonds. The predicted molar refractivity (Wildman–Crippen MR) is 121 cm³/mol. The molecule has 0 spiro atoms. The molecule has 162 valence electrons. The molecule has 2 N–H and O–H groups in total. The fraction of sp³-hybridized carbons (Fsp3) is 0.286. The van der Waals surface area contributed by atoms with E-state index in [9.17, 15) is 18.3 Å². The highest BCUT2D eigenvalue weighted by Gasteiger charge is 2.30. The minimum absolute atomic E-state index is 0.0309. The predicted octanol–water partition coefficient (Wildman–Crippen LogP) is 3.59. The zero-order valence-electron chi connectivity index (χ0n) is 17.3. The van der Waals surface area contributed by atoms with E-state index in [1.165, 1.54) is 22.1 Å². The van der Waals surface area contributed by atoms with Gasteiger partial charge in [0.25, 0.3) is 15.6 Å². The normalized spacial score (nSPS) is 14.8. The Hall–Kier alpha value is -2.98. The highest BCUT2D eigenvalue weighted by Crippen LogP contribution is 2.34. The van der Waals surface area contributed by atoms with Crippen LogP contribution in [-0.4, -0.2) is 29.1 Å². The van der Waals surface area contributed by atoms with Gasteiger partial charge in [-0.15, -0.1) is 15.7 Å². The summed E-state index contributed by atoms with van der Waals surface area (Å²) in [7, 11) is -4.05. The number of hydrogen-bond acceptors (Lipinski definition) is 7. The van der Waals surface area contributed by atoms with E-state index in [2.05, 4.69) is 14.8 Å². The molecule has 0 atom stereocenters. The average molecular weight is 459 g/mol.